The molecule has 8 aromatic carbocycles. The van der Waals surface area contributed by atoms with E-state index in [0.717, 1.165) is 62.6 Å². The van der Waals surface area contributed by atoms with Crippen molar-refractivity contribution < 1.29 is 18.9 Å². The van der Waals surface area contributed by atoms with E-state index in [1.54, 1.807) is 0 Å². The number of rotatable bonds is 4. The van der Waals surface area contributed by atoms with Crippen LogP contribution in [0.5, 0.6) is 34.5 Å². The summed E-state index contributed by atoms with van der Waals surface area (Å²) in [6.45, 7) is -0.0516. The van der Waals surface area contributed by atoms with Gasteiger partial charge in [0.1, 0.15) is 46.4 Å². The van der Waals surface area contributed by atoms with E-state index >= 15 is 0 Å². The fourth-order valence-corrected chi connectivity index (χ4v) is 11.5. The van der Waals surface area contributed by atoms with Crippen molar-refractivity contribution in [1.29, 1.82) is 0 Å². The molecule has 6 heterocycles. The Morgan fingerprint density at radius 3 is 1.68 bits per heavy atom. The van der Waals surface area contributed by atoms with Crippen LogP contribution in [0.3, 0.4) is 0 Å². The largest absolute Gasteiger partial charge is 0.487 e. The summed E-state index contributed by atoms with van der Waals surface area (Å²) in [4.78, 5) is 0. The standard InChI is InChI=1S/C54H32B2N2O4/c1-3-13-31(14-4-1)59-33-25-45-51-49(27-33)61-47-30-48-42(29-41(47)55(51)39-21-11-19-37-35-17-7-9-23-43(35)57(45)53(37)39)56-40-22-12-20-38-36-18-8-10-24-44(36)58(54(38)40)46-26-34(28-50(62-48)52(46)56)60-32-15-5-2-6-16-32/h1-30,41,47H. The number of nitrogens with zero attached hydrogens (tertiary/aromatic N) is 2. The van der Waals surface area contributed by atoms with Crippen LogP contribution in [0.2, 0.25) is 5.82 Å². The predicted octanol–water partition coefficient (Wildman–Crippen LogP) is 9.90. The summed E-state index contributed by atoms with van der Waals surface area (Å²) >= 11 is 0. The van der Waals surface area contributed by atoms with Crippen molar-refractivity contribution in [3.8, 4) is 45.9 Å². The van der Waals surface area contributed by atoms with Gasteiger partial charge in [-0.3, -0.25) is 0 Å². The molecule has 1 aliphatic carbocycles. The van der Waals surface area contributed by atoms with Gasteiger partial charge in [0.2, 0.25) is 6.71 Å². The molecule has 0 radical (unpaired) electrons. The molecule has 0 saturated heterocycles. The van der Waals surface area contributed by atoms with Crippen molar-refractivity contribution >= 4 is 78.9 Å². The van der Waals surface area contributed by atoms with Crippen molar-refractivity contribution in [3.05, 3.63) is 193 Å². The summed E-state index contributed by atoms with van der Waals surface area (Å²) < 4.78 is 32.4. The maximum atomic E-state index is 7.24. The molecule has 15 rings (SSSR count). The minimum absolute atomic E-state index is 0.0143. The van der Waals surface area contributed by atoms with Crippen LogP contribution in [-0.2, 0) is 0 Å². The van der Waals surface area contributed by atoms with Crippen LogP contribution in [0.15, 0.2) is 193 Å². The number of aromatic nitrogens is 2. The number of fused-ring (bicyclic) bond motifs is 14. The first-order valence-corrected chi connectivity index (χ1v) is 21.4. The Morgan fingerprint density at radius 1 is 0.468 bits per heavy atom. The van der Waals surface area contributed by atoms with Gasteiger partial charge in [-0.25, -0.2) is 0 Å². The smallest absolute Gasteiger partial charge is 0.255 e. The Labute approximate surface area is 356 Å². The molecule has 288 valence electrons. The average molecular weight is 794 g/mol. The van der Waals surface area contributed by atoms with Gasteiger partial charge in [0, 0.05) is 74.0 Å². The van der Waals surface area contributed by atoms with Gasteiger partial charge in [0.25, 0.3) is 6.71 Å². The minimum Gasteiger partial charge on any atom is -0.487 e. The predicted molar refractivity (Wildman–Crippen MR) is 250 cm³/mol. The number of para-hydroxylation sites is 6. The molecule has 2 atom stereocenters. The van der Waals surface area contributed by atoms with E-state index in [1.807, 2.05) is 60.7 Å². The maximum Gasteiger partial charge on any atom is 0.255 e. The van der Waals surface area contributed by atoms with Crippen LogP contribution in [0, 0.1) is 0 Å². The SMILES string of the molecule is C1=C2Oc3cc(Oc4ccccc4)cc4c3B(C2=CC2B3c5c(cc(Oc6ccccc6)cc5-n5c6ccccc6c6cccc3c65)OC12)c1cccc2c3ccccc3n-4c12. The summed E-state index contributed by atoms with van der Waals surface area (Å²) in [5, 5.41) is 4.96. The van der Waals surface area contributed by atoms with E-state index in [4.69, 9.17) is 18.9 Å². The Balaban J connectivity index is 0.976. The summed E-state index contributed by atoms with van der Waals surface area (Å²) in [6, 6.07) is 59.7. The molecule has 2 unspecified atom stereocenters. The third-order valence-corrected chi connectivity index (χ3v) is 13.9. The molecule has 0 fully saturated rings. The van der Waals surface area contributed by atoms with Crippen LogP contribution in [-0.4, -0.2) is 28.7 Å². The van der Waals surface area contributed by atoms with E-state index in [0.29, 0.717) is 0 Å². The third kappa shape index (κ3) is 4.30. The zero-order valence-electron chi connectivity index (χ0n) is 33.2. The lowest BCUT2D eigenvalue weighted by molar-refractivity contribution is 0.238. The lowest BCUT2D eigenvalue weighted by atomic mass is 9.27. The summed E-state index contributed by atoms with van der Waals surface area (Å²) in [5.41, 5.74) is 13.1. The van der Waals surface area contributed by atoms with Gasteiger partial charge in [-0.2, -0.15) is 0 Å². The molecule has 2 aromatic heterocycles. The fourth-order valence-electron chi connectivity index (χ4n) is 11.5. The molecule has 0 spiro atoms. The lowest BCUT2D eigenvalue weighted by Gasteiger charge is -2.44. The molecular formula is C54H32B2N2O4. The van der Waals surface area contributed by atoms with E-state index < -0.39 is 0 Å². The van der Waals surface area contributed by atoms with Crippen molar-refractivity contribution in [3.63, 3.8) is 0 Å². The Bertz CT molecular complexity index is 3680. The molecule has 0 bridgehead atoms. The molecule has 0 N–H and O–H groups in total. The lowest BCUT2D eigenvalue weighted by Crippen LogP contribution is -2.59. The number of allylic oxidation sites excluding steroid dienone is 1. The second-order valence-electron chi connectivity index (χ2n) is 17.1. The monoisotopic (exact) mass is 794 g/mol. The Morgan fingerprint density at radius 2 is 1.02 bits per heavy atom. The molecule has 0 amide bonds. The first kappa shape index (κ1) is 33.0. The zero-order chi connectivity index (χ0) is 40.2. The highest BCUT2D eigenvalue weighted by Crippen LogP contribution is 2.48. The fraction of sp³-hybridized carbons (Fsp3) is 0.0370. The van der Waals surface area contributed by atoms with Crippen LogP contribution in [0.1, 0.15) is 0 Å². The summed E-state index contributed by atoms with van der Waals surface area (Å²) in [7, 11) is 0. The van der Waals surface area contributed by atoms with Crippen molar-refractivity contribution in [1.82, 2.24) is 9.13 Å². The molecule has 6 nitrogen and oxygen atoms in total. The average Bonchev–Trinajstić information content (AvgIpc) is 3.83. The van der Waals surface area contributed by atoms with E-state index in [1.165, 1.54) is 60.0 Å². The third-order valence-electron chi connectivity index (χ3n) is 13.9. The second-order valence-corrected chi connectivity index (χ2v) is 17.1. The van der Waals surface area contributed by atoms with Gasteiger partial charge in [-0.15, -0.1) is 0 Å². The molecule has 0 saturated carbocycles. The van der Waals surface area contributed by atoms with Crippen LogP contribution in [0.4, 0.5) is 0 Å². The number of hydrogen-bond acceptors (Lipinski definition) is 4. The summed E-state index contributed by atoms with van der Waals surface area (Å²) in [6.07, 6.45) is 4.45. The van der Waals surface area contributed by atoms with Crippen molar-refractivity contribution in [2.45, 2.75) is 11.9 Å². The van der Waals surface area contributed by atoms with E-state index in [9.17, 15) is 0 Å². The van der Waals surface area contributed by atoms with Gasteiger partial charge in [0.05, 0.1) is 11.0 Å². The van der Waals surface area contributed by atoms with E-state index in [-0.39, 0.29) is 25.3 Å². The first-order valence-electron chi connectivity index (χ1n) is 21.4. The number of ether oxygens (including phenoxy) is 4. The topological polar surface area (TPSA) is 46.8 Å². The Hall–Kier alpha value is -7.83. The van der Waals surface area contributed by atoms with Gasteiger partial charge in [0.15, 0.2) is 0 Å². The molecular weight excluding hydrogens is 762 g/mol. The molecule has 8 heteroatoms. The maximum absolute atomic E-state index is 7.24. The Kier molecular flexibility index (Phi) is 6.34. The van der Waals surface area contributed by atoms with Crippen LogP contribution < -0.4 is 40.8 Å². The normalized spacial score (nSPS) is 17.1. The molecule has 5 aliphatic rings. The van der Waals surface area contributed by atoms with Crippen LogP contribution in [0.25, 0.3) is 55.0 Å². The van der Waals surface area contributed by atoms with Crippen molar-refractivity contribution in [2.24, 2.45) is 0 Å². The minimum atomic E-state index is -0.298. The van der Waals surface area contributed by atoms with Crippen LogP contribution >= 0.6 is 0 Å². The van der Waals surface area contributed by atoms with Gasteiger partial charge in [-0.1, -0.05) is 115 Å². The quantitative estimate of drug-likeness (QED) is 0.167. The van der Waals surface area contributed by atoms with Gasteiger partial charge in [-0.05, 0) is 69.8 Å². The summed E-state index contributed by atoms with van der Waals surface area (Å²) in [5.74, 6) is 5.46. The first-order chi connectivity index (χ1) is 30.7. The molecule has 4 aliphatic heterocycles. The highest BCUT2D eigenvalue weighted by molar-refractivity contribution is 6.96. The highest BCUT2D eigenvalue weighted by atomic mass is 16.5. The molecule has 62 heavy (non-hydrogen) atoms. The molecule has 10 aromatic rings. The van der Waals surface area contributed by atoms with Gasteiger partial charge < -0.3 is 28.1 Å². The number of hydrogen-bond donors (Lipinski definition) is 0. The zero-order valence-corrected chi connectivity index (χ0v) is 33.2. The van der Waals surface area contributed by atoms with E-state index in [2.05, 4.69) is 130 Å². The second kappa shape index (κ2) is 11.9. The number of benzene rings is 8. The highest BCUT2D eigenvalue weighted by Gasteiger charge is 2.51. The van der Waals surface area contributed by atoms with Crippen molar-refractivity contribution in [2.75, 3.05) is 0 Å². The van der Waals surface area contributed by atoms with Gasteiger partial charge >= 0.3 is 0 Å².